The lowest BCUT2D eigenvalue weighted by molar-refractivity contribution is -0.384. The second-order valence-corrected chi connectivity index (χ2v) is 8.88. The van der Waals surface area contributed by atoms with Crippen LogP contribution in [-0.4, -0.2) is 23.7 Å². The van der Waals surface area contributed by atoms with Crippen LogP contribution < -0.4 is 14.9 Å². The quantitative estimate of drug-likeness (QED) is 0.245. The van der Waals surface area contributed by atoms with Gasteiger partial charge in [0.1, 0.15) is 6.61 Å². The first kappa shape index (κ1) is 25.4. The number of hydrogen-bond acceptors (Lipinski definition) is 6. The number of hydrogen-bond donors (Lipinski definition) is 1. The summed E-state index contributed by atoms with van der Waals surface area (Å²) in [5.74, 6) is 0.766. The summed E-state index contributed by atoms with van der Waals surface area (Å²) in [5, 5.41) is 14.9. The zero-order chi connectivity index (χ0) is 25.4. The molecule has 0 atom stereocenters. The van der Waals surface area contributed by atoms with Gasteiger partial charge >= 0.3 is 0 Å². The molecule has 0 fully saturated rings. The van der Waals surface area contributed by atoms with Gasteiger partial charge in [-0.25, -0.2) is 5.43 Å². The highest BCUT2D eigenvalue weighted by atomic mass is 16.6. The van der Waals surface area contributed by atoms with E-state index in [9.17, 15) is 14.9 Å². The molecule has 0 unspecified atom stereocenters. The van der Waals surface area contributed by atoms with E-state index in [1.165, 1.54) is 18.3 Å². The van der Waals surface area contributed by atoms with Gasteiger partial charge in [-0.1, -0.05) is 32.9 Å². The largest absolute Gasteiger partial charge is 0.490 e. The minimum absolute atomic E-state index is 0.0170. The summed E-state index contributed by atoms with van der Waals surface area (Å²) in [7, 11) is 0. The molecule has 3 aromatic rings. The van der Waals surface area contributed by atoms with Crippen LogP contribution in [0.15, 0.2) is 71.8 Å². The number of carbonyl (C=O) groups is 1. The van der Waals surface area contributed by atoms with Crippen molar-refractivity contribution < 1.29 is 19.2 Å². The van der Waals surface area contributed by atoms with Gasteiger partial charge in [-0.2, -0.15) is 5.10 Å². The average Bonchev–Trinajstić information content (AvgIpc) is 2.83. The third-order valence-electron chi connectivity index (χ3n) is 5.20. The molecule has 0 aliphatic carbocycles. The number of nitrogens with one attached hydrogen (secondary N) is 1. The molecule has 0 saturated heterocycles. The number of non-ortho nitro benzene ring substituents is 1. The molecule has 3 rings (SSSR count). The Kier molecular flexibility index (Phi) is 8.20. The number of ether oxygens (including phenoxy) is 2. The fraction of sp³-hybridized carbons (Fsp3) is 0.259. The molecule has 0 aliphatic rings. The van der Waals surface area contributed by atoms with Gasteiger partial charge < -0.3 is 9.47 Å². The smallest absolute Gasteiger partial charge is 0.271 e. The number of amides is 1. The van der Waals surface area contributed by atoms with Crippen molar-refractivity contribution in [3.05, 3.63) is 99.1 Å². The third-order valence-corrected chi connectivity index (χ3v) is 5.20. The summed E-state index contributed by atoms with van der Waals surface area (Å²) in [6.07, 6.45) is 1.53. The number of hydrazone groups is 1. The highest BCUT2D eigenvalue weighted by Crippen LogP contribution is 2.29. The molecular weight excluding hydrogens is 446 g/mol. The summed E-state index contributed by atoms with van der Waals surface area (Å²) >= 11 is 0. The number of nitrogens with zero attached hydrogens (tertiary/aromatic N) is 2. The van der Waals surface area contributed by atoms with E-state index in [0.717, 1.165) is 16.7 Å². The lowest BCUT2D eigenvalue weighted by atomic mass is 9.87. The maximum atomic E-state index is 12.4. The number of carbonyl (C=O) groups excluding carboxylic acids is 1. The van der Waals surface area contributed by atoms with Gasteiger partial charge in [-0.15, -0.1) is 0 Å². The Balaban J connectivity index is 1.63. The molecule has 0 bridgehead atoms. The molecular formula is C27H29N3O5. The normalized spacial score (nSPS) is 11.3. The van der Waals surface area contributed by atoms with Crippen molar-refractivity contribution >= 4 is 17.8 Å². The van der Waals surface area contributed by atoms with E-state index in [-0.39, 0.29) is 23.6 Å². The van der Waals surface area contributed by atoms with Gasteiger partial charge in [0, 0.05) is 17.7 Å². The average molecular weight is 476 g/mol. The summed E-state index contributed by atoms with van der Waals surface area (Å²) in [6, 6.07) is 19.0. The van der Waals surface area contributed by atoms with Gasteiger partial charge in [0.15, 0.2) is 11.5 Å². The van der Waals surface area contributed by atoms with Crippen LogP contribution in [0.2, 0.25) is 0 Å². The minimum Gasteiger partial charge on any atom is -0.490 e. The number of rotatable bonds is 9. The summed E-state index contributed by atoms with van der Waals surface area (Å²) < 4.78 is 11.5. The Morgan fingerprint density at radius 2 is 1.69 bits per heavy atom. The molecule has 0 spiro atoms. The van der Waals surface area contributed by atoms with Crippen LogP contribution >= 0.6 is 0 Å². The van der Waals surface area contributed by atoms with E-state index >= 15 is 0 Å². The van der Waals surface area contributed by atoms with E-state index in [2.05, 4.69) is 31.3 Å². The molecule has 0 saturated carbocycles. The van der Waals surface area contributed by atoms with Gasteiger partial charge in [-0.05, 0) is 71.5 Å². The zero-order valence-electron chi connectivity index (χ0n) is 20.3. The molecule has 182 valence electrons. The molecule has 0 radical (unpaired) electrons. The van der Waals surface area contributed by atoms with E-state index in [1.807, 2.05) is 19.1 Å². The molecule has 35 heavy (non-hydrogen) atoms. The van der Waals surface area contributed by atoms with Crippen LogP contribution in [0.5, 0.6) is 11.5 Å². The fourth-order valence-electron chi connectivity index (χ4n) is 3.22. The van der Waals surface area contributed by atoms with Crippen LogP contribution in [0.25, 0.3) is 0 Å². The molecule has 8 nitrogen and oxygen atoms in total. The highest BCUT2D eigenvalue weighted by Gasteiger charge is 2.14. The van der Waals surface area contributed by atoms with Crippen LogP contribution in [-0.2, 0) is 12.0 Å². The number of benzene rings is 3. The maximum absolute atomic E-state index is 12.4. The number of nitro groups is 1. The van der Waals surface area contributed by atoms with Crippen LogP contribution in [0.1, 0.15) is 54.7 Å². The Labute approximate surface area is 204 Å². The molecule has 3 aromatic carbocycles. The summed E-state index contributed by atoms with van der Waals surface area (Å²) in [6.45, 7) is 8.90. The molecule has 0 heterocycles. The fourth-order valence-corrected chi connectivity index (χ4v) is 3.22. The Bertz CT molecular complexity index is 1200. The lowest BCUT2D eigenvalue weighted by Crippen LogP contribution is -2.18. The molecule has 0 aliphatic heterocycles. The zero-order valence-corrected chi connectivity index (χ0v) is 20.3. The van der Waals surface area contributed by atoms with Crippen LogP contribution in [0, 0.1) is 10.1 Å². The van der Waals surface area contributed by atoms with Gasteiger partial charge in [0.25, 0.3) is 11.6 Å². The topological polar surface area (TPSA) is 103 Å². The lowest BCUT2D eigenvalue weighted by Gasteiger charge is -2.18. The predicted octanol–water partition coefficient (Wildman–Crippen LogP) is 5.63. The molecule has 1 amide bonds. The molecule has 0 aromatic heterocycles. The van der Waals surface area contributed by atoms with Gasteiger partial charge in [0.05, 0.1) is 17.7 Å². The summed E-state index contributed by atoms with van der Waals surface area (Å²) in [5.41, 5.74) is 5.78. The maximum Gasteiger partial charge on any atom is 0.271 e. The Morgan fingerprint density at radius 1 is 1.00 bits per heavy atom. The van der Waals surface area contributed by atoms with Gasteiger partial charge in [-0.3, -0.25) is 14.9 Å². The molecule has 8 heteroatoms. The molecule has 1 N–H and O–H groups in total. The predicted molar refractivity (Wildman–Crippen MR) is 135 cm³/mol. The second kappa shape index (κ2) is 11.3. The minimum atomic E-state index is -0.441. The van der Waals surface area contributed by atoms with E-state index < -0.39 is 4.92 Å². The highest BCUT2D eigenvalue weighted by molar-refractivity contribution is 5.95. The van der Waals surface area contributed by atoms with Crippen molar-refractivity contribution in [2.24, 2.45) is 5.10 Å². The first-order valence-electron chi connectivity index (χ1n) is 11.2. The monoisotopic (exact) mass is 475 g/mol. The van der Waals surface area contributed by atoms with Crippen molar-refractivity contribution in [2.75, 3.05) is 6.61 Å². The van der Waals surface area contributed by atoms with Crippen LogP contribution in [0.3, 0.4) is 0 Å². The standard InChI is InChI=1S/C27H29N3O5/c1-5-34-25-16-20(8-15-24(25)35-18-19-6-13-23(14-7-19)30(32)33)17-28-29-26(31)21-9-11-22(12-10-21)27(2,3)4/h6-17H,5,18H2,1-4H3,(H,29,31)/b28-17-. The third kappa shape index (κ3) is 7.14. The van der Waals surface area contributed by atoms with Crippen molar-refractivity contribution in [3.8, 4) is 11.5 Å². The Morgan fingerprint density at radius 3 is 2.29 bits per heavy atom. The number of nitro benzene ring substituents is 1. The van der Waals surface area contributed by atoms with Crippen molar-refractivity contribution in [1.82, 2.24) is 5.43 Å². The summed E-state index contributed by atoms with van der Waals surface area (Å²) in [4.78, 5) is 22.7. The van der Waals surface area contributed by atoms with Gasteiger partial charge in [0.2, 0.25) is 0 Å². The van der Waals surface area contributed by atoms with E-state index in [0.29, 0.717) is 23.7 Å². The first-order valence-corrected chi connectivity index (χ1v) is 11.2. The van der Waals surface area contributed by atoms with Crippen molar-refractivity contribution in [1.29, 1.82) is 0 Å². The van der Waals surface area contributed by atoms with E-state index in [1.54, 1.807) is 42.5 Å². The SMILES string of the molecule is CCOc1cc(/C=N\NC(=O)c2ccc(C(C)(C)C)cc2)ccc1OCc1ccc([N+](=O)[O-])cc1. The first-order chi connectivity index (χ1) is 16.7. The van der Waals surface area contributed by atoms with E-state index in [4.69, 9.17) is 9.47 Å². The van der Waals surface area contributed by atoms with Crippen molar-refractivity contribution in [2.45, 2.75) is 39.7 Å². The second-order valence-electron chi connectivity index (χ2n) is 8.88. The van der Waals surface area contributed by atoms with Crippen LogP contribution in [0.4, 0.5) is 5.69 Å². The van der Waals surface area contributed by atoms with Crippen molar-refractivity contribution in [3.63, 3.8) is 0 Å². The Hall–Kier alpha value is -4.20.